The molecule has 0 atom stereocenters. The standard InChI is InChI=1S/C20H28N4O5S2/c1-20(2,3)15-5-7-16(8-6-15)30(26,27)23-9-11-24(12-10-23)31(28,29)17-13-18(19(21)25)22(4)14-17/h5-8,13-14H,9-12H2,1-4H3,(H2,21,25). The SMILES string of the molecule is Cn1cc(S(=O)(=O)N2CCN(S(=O)(=O)c3ccc(C(C)(C)C)cc3)CC2)cc1C(N)=O. The highest BCUT2D eigenvalue weighted by molar-refractivity contribution is 7.89. The molecule has 1 aliphatic rings. The number of nitrogens with zero attached hydrogens (tertiary/aromatic N) is 3. The third-order valence-electron chi connectivity index (χ3n) is 5.43. The molecule has 2 N–H and O–H groups in total. The highest BCUT2D eigenvalue weighted by Gasteiger charge is 2.34. The Kier molecular flexibility index (Phi) is 6.09. The minimum absolute atomic E-state index is 0.0163. The fourth-order valence-electron chi connectivity index (χ4n) is 3.50. The summed E-state index contributed by atoms with van der Waals surface area (Å²) < 4.78 is 55.7. The molecular weight excluding hydrogens is 440 g/mol. The highest BCUT2D eigenvalue weighted by atomic mass is 32.2. The Morgan fingerprint density at radius 2 is 1.32 bits per heavy atom. The van der Waals surface area contributed by atoms with Gasteiger partial charge in [-0.3, -0.25) is 4.79 Å². The van der Waals surface area contributed by atoms with Gasteiger partial charge >= 0.3 is 0 Å². The lowest BCUT2D eigenvalue weighted by atomic mass is 9.87. The van der Waals surface area contributed by atoms with Gasteiger partial charge in [-0.2, -0.15) is 8.61 Å². The third-order valence-corrected chi connectivity index (χ3v) is 9.20. The van der Waals surface area contributed by atoms with Crippen molar-refractivity contribution in [2.45, 2.75) is 36.0 Å². The normalized spacial score (nSPS) is 17.0. The first kappa shape index (κ1) is 23.5. The third kappa shape index (κ3) is 4.54. The summed E-state index contributed by atoms with van der Waals surface area (Å²) in [5.41, 5.74) is 6.28. The lowest BCUT2D eigenvalue weighted by molar-refractivity contribution is 0.0992. The number of hydrogen-bond acceptors (Lipinski definition) is 5. The molecule has 0 spiro atoms. The molecule has 31 heavy (non-hydrogen) atoms. The van der Waals surface area contributed by atoms with Crippen LogP contribution in [0.3, 0.4) is 0 Å². The molecule has 1 amide bonds. The van der Waals surface area contributed by atoms with Gasteiger partial charge < -0.3 is 10.3 Å². The van der Waals surface area contributed by atoms with Crippen LogP contribution in [0.15, 0.2) is 46.3 Å². The van der Waals surface area contributed by atoms with Gasteiger partial charge in [-0.05, 0) is 29.2 Å². The molecule has 3 rings (SSSR count). The Morgan fingerprint density at radius 3 is 1.71 bits per heavy atom. The minimum atomic E-state index is -3.87. The van der Waals surface area contributed by atoms with E-state index < -0.39 is 26.0 Å². The maximum atomic E-state index is 13.0. The van der Waals surface area contributed by atoms with E-state index in [4.69, 9.17) is 5.73 Å². The van der Waals surface area contributed by atoms with Crippen molar-refractivity contribution < 1.29 is 21.6 Å². The molecular formula is C20H28N4O5S2. The van der Waals surface area contributed by atoms with E-state index in [-0.39, 0.29) is 47.1 Å². The van der Waals surface area contributed by atoms with E-state index in [1.54, 1.807) is 24.3 Å². The molecule has 2 heterocycles. The fraction of sp³-hybridized carbons (Fsp3) is 0.450. The van der Waals surface area contributed by atoms with Gasteiger partial charge in [-0.1, -0.05) is 32.9 Å². The Labute approximate surface area is 183 Å². The largest absolute Gasteiger partial charge is 0.364 e. The van der Waals surface area contributed by atoms with Crippen LogP contribution in [-0.2, 0) is 32.5 Å². The first-order chi connectivity index (χ1) is 14.2. The van der Waals surface area contributed by atoms with E-state index in [9.17, 15) is 21.6 Å². The van der Waals surface area contributed by atoms with Crippen LogP contribution >= 0.6 is 0 Å². The summed E-state index contributed by atoms with van der Waals surface area (Å²) in [6, 6.07) is 8.03. The van der Waals surface area contributed by atoms with Crippen LogP contribution < -0.4 is 5.73 Å². The van der Waals surface area contributed by atoms with Crippen molar-refractivity contribution in [1.82, 2.24) is 13.2 Å². The van der Waals surface area contributed by atoms with Crippen molar-refractivity contribution in [1.29, 1.82) is 0 Å². The quantitative estimate of drug-likeness (QED) is 0.704. The summed E-state index contributed by atoms with van der Waals surface area (Å²) in [5.74, 6) is -0.725. The highest BCUT2D eigenvalue weighted by Crippen LogP contribution is 2.26. The molecule has 0 unspecified atom stereocenters. The summed E-state index contributed by atoms with van der Waals surface area (Å²) in [7, 11) is -6.06. The topological polar surface area (TPSA) is 123 Å². The number of carbonyl (C=O) groups excluding carboxylic acids is 1. The van der Waals surface area contributed by atoms with E-state index in [1.807, 2.05) is 0 Å². The van der Waals surface area contributed by atoms with Crippen molar-refractivity contribution in [2.75, 3.05) is 26.2 Å². The van der Waals surface area contributed by atoms with Gasteiger partial charge in [0.05, 0.1) is 4.90 Å². The van der Waals surface area contributed by atoms with Crippen molar-refractivity contribution >= 4 is 26.0 Å². The molecule has 1 fully saturated rings. The van der Waals surface area contributed by atoms with Crippen LogP contribution in [-0.4, -0.2) is 62.1 Å². The van der Waals surface area contributed by atoms with Crippen LogP contribution in [0.1, 0.15) is 36.8 Å². The van der Waals surface area contributed by atoms with E-state index in [2.05, 4.69) is 20.8 Å². The number of hydrogen-bond donors (Lipinski definition) is 1. The number of benzene rings is 1. The molecule has 0 bridgehead atoms. The average molecular weight is 469 g/mol. The summed E-state index contributed by atoms with van der Waals surface area (Å²) in [5, 5.41) is 0. The van der Waals surface area contributed by atoms with Gasteiger partial charge in [0.15, 0.2) is 0 Å². The lowest BCUT2D eigenvalue weighted by Crippen LogP contribution is -2.50. The van der Waals surface area contributed by atoms with Crippen molar-refractivity contribution in [3.8, 4) is 0 Å². The monoisotopic (exact) mass is 468 g/mol. The van der Waals surface area contributed by atoms with Gasteiger partial charge in [0, 0.05) is 39.4 Å². The number of carbonyl (C=O) groups is 1. The number of rotatable bonds is 5. The van der Waals surface area contributed by atoms with Gasteiger partial charge in [0.1, 0.15) is 10.6 Å². The summed E-state index contributed by atoms with van der Waals surface area (Å²) >= 11 is 0. The molecule has 170 valence electrons. The van der Waals surface area contributed by atoms with E-state index >= 15 is 0 Å². The predicted octanol–water partition coefficient (Wildman–Crippen LogP) is 1.12. The number of sulfonamides is 2. The molecule has 0 saturated carbocycles. The van der Waals surface area contributed by atoms with Crippen LogP contribution in [0.5, 0.6) is 0 Å². The van der Waals surface area contributed by atoms with E-state index in [1.165, 1.54) is 32.5 Å². The zero-order valence-electron chi connectivity index (χ0n) is 18.1. The second-order valence-electron chi connectivity index (χ2n) is 8.62. The van der Waals surface area contributed by atoms with Crippen LogP contribution in [0.4, 0.5) is 0 Å². The molecule has 9 nitrogen and oxygen atoms in total. The predicted molar refractivity (Wildman–Crippen MR) is 117 cm³/mol. The molecule has 1 saturated heterocycles. The Balaban J connectivity index is 1.75. The summed E-state index contributed by atoms with van der Waals surface area (Å²) in [4.78, 5) is 11.6. The second-order valence-corrected chi connectivity index (χ2v) is 12.5. The molecule has 1 aromatic heterocycles. The average Bonchev–Trinajstić information content (AvgIpc) is 3.10. The number of nitrogens with two attached hydrogens (primary N) is 1. The van der Waals surface area contributed by atoms with Crippen molar-refractivity contribution in [3.05, 3.63) is 47.8 Å². The van der Waals surface area contributed by atoms with Crippen molar-refractivity contribution in [3.63, 3.8) is 0 Å². The Bertz CT molecular complexity index is 1190. The first-order valence-corrected chi connectivity index (χ1v) is 12.7. The van der Waals surface area contributed by atoms with E-state index in [0.29, 0.717) is 0 Å². The smallest absolute Gasteiger partial charge is 0.265 e. The van der Waals surface area contributed by atoms with Gasteiger partial charge in [-0.15, -0.1) is 0 Å². The number of aryl methyl sites for hydroxylation is 1. The number of piperazine rings is 1. The number of primary amides is 1. The maximum Gasteiger partial charge on any atom is 0.265 e. The van der Waals surface area contributed by atoms with Gasteiger partial charge in [-0.25, -0.2) is 16.8 Å². The molecule has 1 aromatic carbocycles. The lowest BCUT2D eigenvalue weighted by Gasteiger charge is -2.33. The minimum Gasteiger partial charge on any atom is -0.364 e. The Hall–Kier alpha value is -2.21. The van der Waals surface area contributed by atoms with Gasteiger partial charge in [0.25, 0.3) is 5.91 Å². The Morgan fingerprint density at radius 1 is 0.871 bits per heavy atom. The number of amides is 1. The second kappa shape index (κ2) is 8.05. The summed E-state index contributed by atoms with van der Waals surface area (Å²) in [6.45, 7) is 6.26. The maximum absolute atomic E-state index is 13.0. The van der Waals surface area contributed by atoms with Gasteiger partial charge in [0.2, 0.25) is 20.0 Å². The van der Waals surface area contributed by atoms with E-state index in [0.717, 1.165) is 5.56 Å². The molecule has 0 aliphatic carbocycles. The fourth-order valence-corrected chi connectivity index (χ4v) is 6.41. The molecule has 11 heteroatoms. The van der Waals surface area contributed by atoms with Crippen LogP contribution in [0.2, 0.25) is 0 Å². The molecule has 2 aromatic rings. The zero-order valence-corrected chi connectivity index (χ0v) is 19.7. The zero-order chi connectivity index (χ0) is 23.2. The summed E-state index contributed by atoms with van der Waals surface area (Å²) in [6.07, 6.45) is 1.33. The van der Waals surface area contributed by atoms with Crippen LogP contribution in [0, 0.1) is 0 Å². The first-order valence-electron chi connectivity index (χ1n) is 9.81. The number of aromatic nitrogens is 1. The van der Waals surface area contributed by atoms with Crippen LogP contribution in [0.25, 0.3) is 0 Å². The molecule has 0 radical (unpaired) electrons. The molecule has 1 aliphatic heterocycles. The van der Waals surface area contributed by atoms with Crippen molar-refractivity contribution in [2.24, 2.45) is 12.8 Å².